The number of nitrogens with one attached hydrogen (secondary N) is 2. The molecule has 1 aromatic carbocycles. The third kappa shape index (κ3) is 11.2. The van der Waals surface area contributed by atoms with Crippen molar-refractivity contribution in [2.24, 2.45) is 38.2 Å². The summed E-state index contributed by atoms with van der Waals surface area (Å²) in [6.07, 6.45) is 8.60. The number of hydrazone groups is 1. The highest BCUT2D eigenvalue weighted by atomic mass is 16.1. The topological polar surface area (TPSA) is 182 Å². The lowest BCUT2D eigenvalue weighted by Gasteiger charge is -2.16. The van der Waals surface area contributed by atoms with Crippen LogP contribution in [0, 0.1) is 0 Å². The minimum Gasteiger partial charge on any atom is -0.369 e. The molecule has 0 radical (unpaired) electrons. The van der Waals surface area contributed by atoms with Gasteiger partial charge in [0.05, 0.1) is 11.8 Å². The molecule has 0 aliphatic heterocycles. The van der Waals surface area contributed by atoms with Crippen molar-refractivity contribution in [2.75, 3.05) is 5.32 Å². The standard InChI is InChI=1S/C22H39N9O/c1-4-5-6-7-8-9-10-11-20(32)27-19-13-17(15(2)28-30-21(23)24)12-18(14-19)16(3)29-31-22(25)26/h12-15,28H,4-11H2,1-3H3,(H,27,32)(H4,23,24,30)(H4,25,26,31)/b29-16+. The van der Waals surface area contributed by atoms with Crippen LogP contribution in [0.1, 0.15) is 89.3 Å². The van der Waals surface area contributed by atoms with Crippen LogP contribution in [0.25, 0.3) is 0 Å². The van der Waals surface area contributed by atoms with Gasteiger partial charge in [0.2, 0.25) is 17.8 Å². The molecule has 0 bridgehead atoms. The van der Waals surface area contributed by atoms with E-state index in [4.69, 9.17) is 22.9 Å². The number of carbonyl (C=O) groups excluding carboxylic acids is 1. The maximum Gasteiger partial charge on any atom is 0.224 e. The molecule has 0 fully saturated rings. The van der Waals surface area contributed by atoms with Crippen molar-refractivity contribution in [3.05, 3.63) is 29.3 Å². The summed E-state index contributed by atoms with van der Waals surface area (Å²) in [5.74, 6) is -0.224. The molecule has 10 N–H and O–H groups in total. The fraction of sp³-hybridized carbons (Fsp3) is 0.545. The lowest BCUT2D eigenvalue weighted by molar-refractivity contribution is -0.116. The minimum absolute atomic E-state index is 0.0229. The highest BCUT2D eigenvalue weighted by molar-refractivity contribution is 6.01. The predicted octanol–water partition coefficient (Wildman–Crippen LogP) is 2.60. The number of nitrogens with zero attached hydrogens (tertiary/aromatic N) is 3. The van der Waals surface area contributed by atoms with Gasteiger partial charge in [-0.05, 0) is 49.6 Å². The van der Waals surface area contributed by atoms with E-state index < -0.39 is 0 Å². The molecule has 32 heavy (non-hydrogen) atoms. The molecular formula is C22H39N9O. The van der Waals surface area contributed by atoms with Gasteiger partial charge >= 0.3 is 0 Å². The number of guanidine groups is 2. The summed E-state index contributed by atoms with van der Waals surface area (Å²) in [5.41, 5.74) is 27.3. The van der Waals surface area contributed by atoms with Crippen LogP contribution in [0.2, 0.25) is 0 Å². The monoisotopic (exact) mass is 445 g/mol. The molecular weight excluding hydrogens is 406 g/mol. The first-order valence-electron chi connectivity index (χ1n) is 11.2. The van der Waals surface area contributed by atoms with Crippen LogP contribution in [-0.4, -0.2) is 23.5 Å². The molecule has 1 rings (SSSR count). The number of anilines is 1. The SMILES string of the molecule is CCCCCCCCCC(=O)Nc1cc(/C(C)=N/N=C(N)N)cc(C(C)NN=C(N)N)c1. The molecule has 1 amide bonds. The van der Waals surface area contributed by atoms with Crippen LogP contribution in [0.4, 0.5) is 5.69 Å². The van der Waals surface area contributed by atoms with E-state index in [9.17, 15) is 4.79 Å². The van der Waals surface area contributed by atoms with E-state index in [0.717, 1.165) is 24.0 Å². The number of rotatable bonds is 14. The number of unbranched alkanes of at least 4 members (excludes halogenated alkanes) is 6. The number of amides is 1. The first-order valence-corrected chi connectivity index (χ1v) is 11.2. The van der Waals surface area contributed by atoms with Crippen LogP contribution in [0.5, 0.6) is 0 Å². The minimum atomic E-state index is -0.216. The normalized spacial score (nSPS) is 12.0. The molecule has 10 nitrogen and oxygen atoms in total. The van der Waals surface area contributed by atoms with Gasteiger partial charge in [-0.2, -0.15) is 5.10 Å². The Labute approximate surface area is 191 Å². The smallest absolute Gasteiger partial charge is 0.224 e. The van der Waals surface area contributed by atoms with Gasteiger partial charge in [-0.15, -0.1) is 10.2 Å². The van der Waals surface area contributed by atoms with E-state index in [-0.39, 0.29) is 23.9 Å². The molecule has 0 spiro atoms. The fourth-order valence-corrected chi connectivity index (χ4v) is 3.09. The number of hydrogen-bond acceptors (Lipinski definition) is 5. The van der Waals surface area contributed by atoms with Gasteiger partial charge in [-0.3, -0.25) is 10.2 Å². The summed E-state index contributed by atoms with van der Waals surface area (Å²) < 4.78 is 0. The van der Waals surface area contributed by atoms with E-state index in [1.54, 1.807) is 6.92 Å². The van der Waals surface area contributed by atoms with Crippen molar-refractivity contribution >= 4 is 29.2 Å². The summed E-state index contributed by atoms with van der Waals surface area (Å²) >= 11 is 0. The Morgan fingerprint density at radius 3 is 2.22 bits per heavy atom. The zero-order valence-electron chi connectivity index (χ0n) is 19.5. The van der Waals surface area contributed by atoms with E-state index in [2.05, 4.69) is 33.0 Å². The fourth-order valence-electron chi connectivity index (χ4n) is 3.09. The van der Waals surface area contributed by atoms with Crippen molar-refractivity contribution in [1.82, 2.24) is 5.43 Å². The van der Waals surface area contributed by atoms with Crippen molar-refractivity contribution in [3.63, 3.8) is 0 Å². The lowest BCUT2D eigenvalue weighted by atomic mass is 10.0. The lowest BCUT2D eigenvalue weighted by Crippen LogP contribution is -2.27. The third-order valence-corrected chi connectivity index (χ3v) is 4.87. The molecule has 1 aromatic rings. The van der Waals surface area contributed by atoms with Gasteiger partial charge in [0, 0.05) is 12.1 Å². The maximum atomic E-state index is 12.5. The molecule has 1 unspecified atom stereocenters. The molecule has 0 aliphatic rings. The van der Waals surface area contributed by atoms with Crippen LogP contribution in [0.15, 0.2) is 33.5 Å². The van der Waals surface area contributed by atoms with E-state index in [1.807, 2.05) is 25.1 Å². The van der Waals surface area contributed by atoms with Crippen LogP contribution in [-0.2, 0) is 4.79 Å². The summed E-state index contributed by atoms with van der Waals surface area (Å²) in [6, 6.07) is 5.40. The molecule has 10 heteroatoms. The predicted molar refractivity (Wildman–Crippen MR) is 133 cm³/mol. The summed E-state index contributed by atoms with van der Waals surface area (Å²) in [5, 5.41) is 14.6. The maximum absolute atomic E-state index is 12.5. The summed E-state index contributed by atoms with van der Waals surface area (Å²) in [6.45, 7) is 5.89. The van der Waals surface area contributed by atoms with E-state index in [1.165, 1.54) is 32.1 Å². The Balaban J connectivity index is 2.89. The highest BCUT2D eigenvalue weighted by Crippen LogP contribution is 2.22. The van der Waals surface area contributed by atoms with Gasteiger partial charge < -0.3 is 28.3 Å². The Morgan fingerprint density at radius 2 is 1.59 bits per heavy atom. The Hall–Kier alpha value is -3.30. The van der Waals surface area contributed by atoms with Gasteiger partial charge in [-0.1, -0.05) is 45.4 Å². The molecule has 0 heterocycles. The van der Waals surface area contributed by atoms with Crippen LogP contribution >= 0.6 is 0 Å². The molecule has 0 saturated carbocycles. The van der Waals surface area contributed by atoms with Crippen molar-refractivity contribution in [2.45, 2.75) is 78.2 Å². The molecule has 1 atom stereocenters. The average Bonchev–Trinajstić information content (AvgIpc) is 2.74. The van der Waals surface area contributed by atoms with Crippen molar-refractivity contribution < 1.29 is 4.79 Å². The number of nitrogens with two attached hydrogens (primary N) is 4. The molecule has 0 aliphatic carbocycles. The van der Waals surface area contributed by atoms with Gasteiger partial charge in [0.15, 0.2) is 0 Å². The zero-order chi connectivity index (χ0) is 23.9. The molecule has 0 saturated heterocycles. The van der Waals surface area contributed by atoms with Crippen LogP contribution < -0.4 is 33.7 Å². The first kappa shape index (κ1) is 26.7. The number of benzene rings is 1. The van der Waals surface area contributed by atoms with Gasteiger partial charge in [-0.25, -0.2) is 0 Å². The second kappa shape index (κ2) is 14.7. The first-order chi connectivity index (χ1) is 15.2. The number of hydrogen-bond donors (Lipinski definition) is 6. The van der Waals surface area contributed by atoms with Crippen molar-refractivity contribution in [3.8, 4) is 0 Å². The van der Waals surface area contributed by atoms with Crippen LogP contribution in [0.3, 0.4) is 0 Å². The van der Waals surface area contributed by atoms with Crippen molar-refractivity contribution in [1.29, 1.82) is 0 Å². The third-order valence-electron chi connectivity index (χ3n) is 4.87. The largest absolute Gasteiger partial charge is 0.369 e. The van der Waals surface area contributed by atoms with E-state index >= 15 is 0 Å². The molecule has 178 valence electrons. The second-order valence-corrected chi connectivity index (χ2v) is 7.86. The van der Waals surface area contributed by atoms with E-state index in [0.29, 0.717) is 17.8 Å². The second-order valence-electron chi connectivity index (χ2n) is 7.86. The summed E-state index contributed by atoms with van der Waals surface area (Å²) in [4.78, 5) is 12.5. The van der Waals surface area contributed by atoms with Gasteiger partial charge in [0.1, 0.15) is 0 Å². The zero-order valence-corrected chi connectivity index (χ0v) is 19.5. The Bertz CT molecular complexity index is 810. The Kier molecular flexibility index (Phi) is 12.2. The molecule has 0 aromatic heterocycles. The quantitative estimate of drug-likeness (QED) is 0.111. The van der Waals surface area contributed by atoms with Gasteiger partial charge in [0.25, 0.3) is 0 Å². The highest BCUT2D eigenvalue weighted by Gasteiger charge is 2.11. The summed E-state index contributed by atoms with van der Waals surface area (Å²) in [7, 11) is 0. The number of carbonyl (C=O) groups is 1. The average molecular weight is 446 g/mol. The Morgan fingerprint density at radius 1 is 0.938 bits per heavy atom.